The predicted molar refractivity (Wildman–Crippen MR) is 96.6 cm³/mol. The highest BCUT2D eigenvalue weighted by atomic mass is 16.6. The molecule has 6 heteroatoms. The summed E-state index contributed by atoms with van der Waals surface area (Å²) in [4.78, 5) is 28.0. The number of pyridine rings is 2. The Morgan fingerprint density at radius 3 is 2.60 bits per heavy atom. The van der Waals surface area contributed by atoms with Gasteiger partial charge in [0.15, 0.2) is 5.43 Å². The van der Waals surface area contributed by atoms with E-state index in [0.717, 1.165) is 5.52 Å². The van der Waals surface area contributed by atoms with E-state index in [9.17, 15) is 14.9 Å². The maximum absolute atomic E-state index is 12.8. The Morgan fingerprint density at radius 2 is 1.80 bits per heavy atom. The van der Waals surface area contributed by atoms with Crippen LogP contribution in [-0.2, 0) is 7.05 Å². The van der Waals surface area contributed by atoms with Crippen LogP contribution < -0.4 is 5.43 Å². The fourth-order valence-corrected chi connectivity index (χ4v) is 3.07. The molecule has 4 rings (SSSR count). The minimum absolute atomic E-state index is 0.00274. The molecule has 0 spiro atoms. The third-order valence-electron chi connectivity index (χ3n) is 4.28. The molecular formula is C19H13N3O3. The van der Waals surface area contributed by atoms with E-state index < -0.39 is 4.92 Å². The molecule has 2 heterocycles. The highest BCUT2D eigenvalue weighted by molar-refractivity contribution is 5.90. The number of benzene rings is 2. The topological polar surface area (TPSA) is 78.0 Å². The van der Waals surface area contributed by atoms with Gasteiger partial charge in [-0.15, -0.1) is 0 Å². The lowest BCUT2D eigenvalue weighted by Gasteiger charge is -2.09. The summed E-state index contributed by atoms with van der Waals surface area (Å²) in [5.74, 6) is 0. The van der Waals surface area contributed by atoms with Crippen molar-refractivity contribution in [1.82, 2.24) is 9.55 Å². The summed E-state index contributed by atoms with van der Waals surface area (Å²) >= 11 is 0. The first-order valence-corrected chi connectivity index (χ1v) is 7.69. The summed E-state index contributed by atoms with van der Waals surface area (Å²) in [6.07, 6.45) is 1.75. The maximum Gasteiger partial charge on any atom is 0.278 e. The number of nitrogens with zero attached hydrogens (tertiary/aromatic N) is 3. The lowest BCUT2D eigenvalue weighted by molar-refractivity contribution is -0.383. The van der Waals surface area contributed by atoms with Gasteiger partial charge in [-0.25, -0.2) is 4.98 Å². The molecule has 4 aromatic rings. The van der Waals surface area contributed by atoms with Gasteiger partial charge in [0, 0.05) is 24.7 Å². The zero-order valence-electron chi connectivity index (χ0n) is 13.3. The van der Waals surface area contributed by atoms with Crippen LogP contribution in [0.3, 0.4) is 0 Å². The van der Waals surface area contributed by atoms with Crippen LogP contribution in [0.5, 0.6) is 0 Å². The molecule has 6 nitrogen and oxygen atoms in total. The number of hydrogen-bond acceptors (Lipinski definition) is 4. The van der Waals surface area contributed by atoms with Crippen molar-refractivity contribution in [3.05, 3.63) is 81.1 Å². The molecule has 0 unspecified atom stereocenters. The number of rotatable bonds is 2. The molecule has 0 saturated heterocycles. The lowest BCUT2D eigenvalue weighted by Crippen LogP contribution is -2.10. The Labute approximate surface area is 142 Å². The fraction of sp³-hybridized carbons (Fsp3) is 0.0526. The molecule has 0 aliphatic heterocycles. The van der Waals surface area contributed by atoms with Crippen LogP contribution in [0.15, 0.2) is 65.6 Å². The largest absolute Gasteiger partial charge is 0.350 e. The van der Waals surface area contributed by atoms with Gasteiger partial charge in [-0.1, -0.05) is 18.2 Å². The van der Waals surface area contributed by atoms with Gasteiger partial charge < -0.3 is 4.57 Å². The standard InChI is InChI=1S/C19H13N3O3/c1-21-11-14(19(23)13-5-2-3-7-17(13)21)16-10-9-12-15(20-16)6-4-8-18(12)22(24)25/h2-11H,1H3. The normalized spacial score (nSPS) is 11.1. The van der Waals surface area contributed by atoms with Gasteiger partial charge in [-0.3, -0.25) is 14.9 Å². The van der Waals surface area contributed by atoms with Crippen molar-refractivity contribution in [3.8, 4) is 11.3 Å². The fourth-order valence-electron chi connectivity index (χ4n) is 3.07. The average Bonchev–Trinajstić information content (AvgIpc) is 2.63. The summed E-state index contributed by atoms with van der Waals surface area (Å²) in [5, 5.41) is 12.2. The van der Waals surface area contributed by atoms with Gasteiger partial charge >= 0.3 is 0 Å². The summed E-state index contributed by atoms with van der Waals surface area (Å²) in [7, 11) is 1.87. The zero-order chi connectivity index (χ0) is 17.6. The molecule has 0 radical (unpaired) electrons. The maximum atomic E-state index is 12.8. The number of nitro benzene ring substituents is 1. The van der Waals surface area contributed by atoms with E-state index in [2.05, 4.69) is 4.98 Å². The molecule has 0 aliphatic rings. The van der Waals surface area contributed by atoms with Crippen LogP contribution in [0.2, 0.25) is 0 Å². The van der Waals surface area contributed by atoms with Crippen LogP contribution in [0.25, 0.3) is 33.1 Å². The number of aromatic nitrogens is 2. The van der Waals surface area contributed by atoms with Crippen LogP contribution in [-0.4, -0.2) is 14.5 Å². The SMILES string of the molecule is Cn1cc(-c2ccc3c([N+](=O)[O-])cccc3n2)c(=O)c2ccccc21. The van der Waals surface area contributed by atoms with Crippen molar-refractivity contribution in [2.45, 2.75) is 0 Å². The minimum atomic E-state index is -0.432. The summed E-state index contributed by atoms with van der Waals surface area (Å²) < 4.78 is 1.88. The first-order chi connectivity index (χ1) is 12.1. The van der Waals surface area contributed by atoms with E-state index in [1.807, 2.05) is 29.8 Å². The number of hydrogen-bond donors (Lipinski definition) is 0. The third-order valence-corrected chi connectivity index (χ3v) is 4.28. The van der Waals surface area contributed by atoms with Gasteiger partial charge in [-0.2, -0.15) is 0 Å². The first-order valence-electron chi connectivity index (χ1n) is 7.69. The Bertz CT molecular complexity index is 1210. The zero-order valence-corrected chi connectivity index (χ0v) is 13.3. The molecule has 0 fully saturated rings. The van der Waals surface area contributed by atoms with E-state index in [-0.39, 0.29) is 11.1 Å². The quantitative estimate of drug-likeness (QED) is 0.415. The van der Waals surface area contributed by atoms with Crippen molar-refractivity contribution in [2.75, 3.05) is 0 Å². The van der Waals surface area contributed by atoms with E-state index in [1.54, 1.807) is 36.5 Å². The van der Waals surface area contributed by atoms with Crippen LogP contribution in [0.1, 0.15) is 0 Å². The second-order valence-electron chi connectivity index (χ2n) is 5.80. The molecule has 0 N–H and O–H groups in total. The number of para-hydroxylation sites is 1. The van der Waals surface area contributed by atoms with Crippen molar-refractivity contribution in [3.63, 3.8) is 0 Å². The Morgan fingerprint density at radius 1 is 1.00 bits per heavy atom. The van der Waals surface area contributed by atoms with Crippen LogP contribution in [0.4, 0.5) is 5.69 Å². The first kappa shape index (κ1) is 15.0. The van der Waals surface area contributed by atoms with Gasteiger partial charge in [0.25, 0.3) is 5.69 Å². The van der Waals surface area contributed by atoms with Crippen LogP contribution >= 0.6 is 0 Å². The Balaban J connectivity index is 2.00. The summed E-state index contributed by atoms with van der Waals surface area (Å²) in [6.45, 7) is 0. The molecular weight excluding hydrogens is 318 g/mol. The Hall–Kier alpha value is -3.54. The lowest BCUT2D eigenvalue weighted by atomic mass is 10.1. The van der Waals surface area contributed by atoms with E-state index >= 15 is 0 Å². The summed E-state index contributed by atoms with van der Waals surface area (Å²) in [6, 6.07) is 15.4. The Kier molecular flexibility index (Phi) is 3.32. The third kappa shape index (κ3) is 2.35. The minimum Gasteiger partial charge on any atom is -0.350 e. The van der Waals surface area contributed by atoms with Crippen molar-refractivity contribution < 1.29 is 4.92 Å². The highest BCUT2D eigenvalue weighted by Crippen LogP contribution is 2.27. The molecule has 0 bridgehead atoms. The second-order valence-corrected chi connectivity index (χ2v) is 5.80. The van der Waals surface area contributed by atoms with Gasteiger partial charge in [-0.05, 0) is 30.3 Å². The molecule has 0 amide bonds. The number of nitro groups is 1. The van der Waals surface area contributed by atoms with Gasteiger partial charge in [0.2, 0.25) is 0 Å². The number of fused-ring (bicyclic) bond motifs is 2. The molecule has 2 aromatic heterocycles. The monoisotopic (exact) mass is 331 g/mol. The number of aryl methyl sites for hydroxylation is 1. The molecule has 0 atom stereocenters. The van der Waals surface area contributed by atoms with Crippen molar-refractivity contribution >= 4 is 27.5 Å². The van der Waals surface area contributed by atoms with Gasteiger partial charge in [0.05, 0.1) is 32.6 Å². The smallest absolute Gasteiger partial charge is 0.278 e. The van der Waals surface area contributed by atoms with Crippen molar-refractivity contribution in [1.29, 1.82) is 0 Å². The highest BCUT2D eigenvalue weighted by Gasteiger charge is 2.15. The van der Waals surface area contributed by atoms with Gasteiger partial charge in [0.1, 0.15) is 0 Å². The molecule has 0 saturated carbocycles. The van der Waals surface area contributed by atoms with Crippen molar-refractivity contribution in [2.24, 2.45) is 7.05 Å². The van der Waals surface area contributed by atoms with E-state index in [1.165, 1.54) is 6.07 Å². The number of non-ortho nitro benzene ring substituents is 1. The van der Waals surface area contributed by atoms with E-state index in [0.29, 0.717) is 27.5 Å². The van der Waals surface area contributed by atoms with Crippen LogP contribution in [0, 0.1) is 10.1 Å². The second kappa shape index (κ2) is 5.52. The predicted octanol–water partition coefficient (Wildman–Crippen LogP) is 3.66. The summed E-state index contributed by atoms with van der Waals surface area (Å²) in [5.41, 5.74) is 2.19. The molecule has 25 heavy (non-hydrogen) atoms. The average molecular weight is 331 g/mol. The molecule has 122 valence electrons. The molecule has 2 aromatic carbocycles. The van der Waals surface area contributed by atoms with E-state index in [4.69, 9.17) is 0 Å². The molecule has 0 aliphatic carbocycles.